The molecule has 0 spiro atoms. The number of benzene rings is 1. The maximum atomic E-state index is 14.5. The van der Waals surface area contributed by atoms with Crippen molar-refractivity contribution in [2.45, 2.75) is 90.3 Å². The van der Waals surface area contributed by atoms with Gasteiger partial charge in [-0.2, -0.15) is 5.10 Å². The van der Waals surface area contributed by atoms with Crippen LogP contribution in [0.5, 0.6) is 5.75 Å². The van der Waals surface area contributed by atoms with Gasteiger partial charge in [0.05, 0.1) is 30.8 Å². The Bertz CT molecular complexity index is 2010. The van der Waals surface area contributed by atoms with E-state index in [9.17, 15) is 19.2 Å². The highest BCUT2D eigenvalue weighted by atomic mass is 79.9. The van der Waals surface area contributed by atoms with Crippen LogP contribution in [-0.2, 0) is 33.8 Å². The lowest BCUT2D eigenvalue weighted by molar-refractivity contribution is -0.139. The Labute approximate surface area is 298 Å². The number of piperidine rings is 1. The number of methoxy groups -OCH3 is 1. The van der Waals surface area contributed by atoms with Crippen molar-refractivity contribution in [3.05, 3.63) is 64.0 Å². The van der Waals surface area contributed by atoms with Gasteiger partial charge in [-0.3, -0.25) is 23.9 Å². The van der Waals surface area contributed by atoms with Crippen LogP contribution < -0.4 is 10.1 Å². The van der Waals surface area contributed by atoms with Crippen LogP contribution in [0.4, 0.5) is 0 Å². The van der Waals surface area contributed by atoms with Gasteiger partial charge < -0.3 is 15.0 Å². The number of nitrogens with one attached hydrogen (secondary N) is 1. The molecule has 1 N–H and O–H groups in total. The van der Waals surface area contributed by atoms with E-state index in [1.54, 1.807) is 41.2 Å². The number of ketones is 2. The predicted octanol–water partition coefficient (Wildman–Crippen LogP) is 4.96. The molecule has 260 valence electrons. The molecule has 3 atom stereocenters. The van der Waals surface area contributed by atoms with E-state index in [2.05, 4.69) is 42.3 Å². The van der Waals surface area contributed by atoms with Crippen molar-refractivity contribution < 1.29 is 23.9 Å². The summed E-state index contributed by atoms with van der Waals surface area (Å²) in [6.07, 6.45) is 9.34. The van der Waals surface area contributed by atoms with Gasteiger partial charge in [-0.15, -0.1) is 0 Å². The molecule has 4 aromatic rings. The summed E-state index contributed by atoms with van der Waals surface area (Å²) in [7, 11) is 1.55. The minimum absolute atomic E-state index is 0.000880. The van der Waals surface area contributed by atoms with E-state index < -0.39 is 6.04 Å². The fourth-order valence-corrected chi connectivity index (χ4v) is 8.21. The van der Waals surface area contributed by atoms with Crippen molar-refractivity contribution in [2.24, 2.45) is 5.41 Å². The molecule has 7 rings (SSSR count). The van der Waals surface area contributed by atoms with Crippen LogP contribution in [0, 0.1) is 12.3 Å². The second-order valence-corrected chi connectivity index (χ2v) is 14.7. The normalized spacial score (nSPS) is 22.5. The number of hydrogen-bond donors (Lipinski definition) is 1. The van der Waals surface area contributed by atoms with Crippen molar-refractivity contribution >= 4 is 50.2 Å². The van der Waals surface area contributed by atoms with Crippen molar-refractivity contribution in [3.63, 3.8) is 0 Å². The number of nitrogens with zero attached hydrogens (tertiary/aromatic N) is 6. The molecule has 13 heteroatoms. The van der Waals surface area contributed by atoms with E-state index in [-0.39, 0.29) is 47.8 Å². The van der Waals surface area contributed by atoms with Gasteiger partial charge in [0.2, 0.25) is 11.8 Å². The zero-order chi connectivity index (χ0) is 35.2. The number of halogens is 1. The van der Waals surface area contributed by atoms with Crippen molar-refractivity contribution in [2.75, 3.05) is 13.7 Å². The minimum Gasteiger partial charge on any atom is -0.497 e. The molecule has 2 fully saturated rings. The summed E-state index contributed by atoms with van der Waals surface area (Å²) < 4.78 is 7.59. The van der Waals surface area contributed by atoms with Crippen LogP contribution in [0.25, 0.3) is 22.0 Å². The first kappa shape index (κ1) is 34.0. The third-order valence-corrected chi connectivity index (χ3v) is 10.8. The highest BCUT2D eigenvalue weighted by molar-refractivity contribution is 9.10. The van der Waals surface area contributed by atoms with Crippen LogP contribution in [-0.4, -0.2) is 78.8 Å². The Morgan fingerprint density at radius 2 is 1.78 bits per heavy atom. The van der Waals surface area contributed by atoms with E-state index >= 15 is 0 Å². The first-order valence-electron chi connectivity index (χ1n) is 17.2. The largest absolute Gasteiger partial charge is 0.497 e. The quantitative estimate of drug-likeness (QED) is 0.214. The fourth-order valence-electron chi connectivity index (χ4n) is 7.75. The summed E-state index contributed by atoms with van der Waals surface area (Å²) >= 11 is 3.40. The SMILES string of the molecule is COc1cc(Br)nc(CC(=O)[C@@H]2C[C@]34CNC(=O)CCCCCCc5cc(-c6cnc(C)nc6)cc6c(C(C)=O)nn(c56)CC(=O)N2[C@@H]3C4)c1. The number of carbonyl (C=O) groups excluding carboxylic acids is 4. The van der Waals surface area contributed by atoms with Gasteiger partial charge in [0, 0.05) is 66.8 Å². The number of carbonyl (C=O) groups is 4. The average Bonchev–Trinajstić information content (AvgIpc) is 3.49. The van der Waals surface area contributed by atoms with E-state index in [0.29, 0.717) is 65.2 Å². The number of hydrogen-bond acceptors (Lipinski definition) is 9. The van der Waals surface area contributed by atoms with Gasteiger partial charge >= 0.3 is 0 Å². The molecule has 1 aromatic carbocycles. The lowest BCUT2D eigenvalue weighted by atomic mass is 9.95. The number of rotatable bonds is 6. The van der Waals surface area contributed by atoms with E-state index in [1.807, 2.05) is 13.0 Å². The van der Waals surface area contributed by atoms with Crippen molar-refractivity contribution in [3.8, 4) is 16.9 Å². The standard InChI is InChI=1S/C37H40BrN7O5/c1-21(46)35-28-11-24(25-17-39-22(2)40-18-25)10-23-8-6-4-5-7-9-33(48)41-20-37-15-29(30(47)13-26-12-27(50-3)14-32(38)42-26)45(31(37)16-37)34(49)19-44(43-35)36(23)28/h10-12,14,17-18,29,31H,4-9,13,15-16,19-20H2,1-3H3,(H,41,48)/t29-,31+,37-/m0/s1. The molecular weight excluding hydrogens is 702 g/mol. The smallest absolute Gasteiger partial charge is 0.245 e. The third-order valence-electron chi connectivity index (χ3n) is 10.4. The number of aromatic nitrogens is 5. The third kappa shape index (κ3) is 6.67. The molecular formula is C37H40BrN7O5. The summed E-state index contributed by atoms with van der Waals surface area (Å²) in [5.41, 5.74) is 3.87. The predicted molar refractivity (Wildman–Crippen MR) is 189 cm³/mol. The molecule has 2 bridgehead atoms. The zero-order valence-corrected chi connectivity index (χ0v) is 30.1. The number of amides is 2. The average molecular weight is 743 g/mol. The lowest BCUT2D eigenvalue weighted by Gasteiger charge is -2.27. The van der Waals surface area contributed by atoms with Crippen LogP contribution in [0.1, 0.15) is 79.4 Å². The molecule has 1 saturated carbocycles. The van der Waals surface area contributed by atoms with Crippen LogP contribution in [0.3, 0.4) is 0 Å². The monoisotopic (exact) mass is 741 g/mol. The lowest BCUT2D eigenvalue weighted by Crippen LogP contribution is -2.45. The van der Waals surface area contributed by atoms with Gasteiger partial charge in [-0.25, -0.2) is 15.0 Å². The van der Waals surface area contributed by atoms with E-state index in [4.69, 9.17) is 9.84 Å². The number of Topliss-reactive ketones (excluding diaryl/α,β-unsaturated/α-hetero) is 2. The van der Waals surface area contributed by atoms with Gasteiger partial charge in [0.15, 0.2) is 11.6 Å². The van der Waals surface area contributed by atoms with Crippen molar-refractivity contribution in [1.29, 1.82) is 0 Å². The summed E-state index contributed by atoms with van der Waals surface area (Å²) in [6, 6.07) is 6.59. The van der Waals surface area contributed by atoms with Crippen LogP contribution in [0.15, 0.2) is 41.3 Å². The second-order valence-electron chi connectivity index (χ2n) is 13.9. The molecule has 3 aromatic heterocycles. The van der Waals surface area contributed by atoms with Gasteiger partial charge in [-0.1, -0.05) is 12.8 Å². The molecule has 0 unspecified atom stereocenters. The van der Waals surface area contributed by atoms with E-state index in [1.165, 1.54) is 6.92 Å². The molecule has 2 aliphatic heterocycles. The Morgan fingerprint density at radius 3 is 2.52 bits per heavy atom. The second kappa shape index (κ2) is 13.7. The zero-order valence-electron chi connectivity index (χ0n) is 28.5. The Hall–Kier alpha value is -4.52. The van der Waals surface area contributed by atoms with E-state index in [0.717, 1.165) is 47.9 Å². The summed E-state index contributed by atoms with van der Waals surface area (Å²) in [4.78, 5) is 69.4. The number of pyridine rings is 1. The molecule has 12 nitrogen and oxygen atoms in total. The van der Waals surface area contributed by atoms with Crippen molar-refractivity contribution in [1.82, 2.24) is 34.9 Å². The minimum atomic E-state index is -0.689. The van der Waals surface area contributed by atoms with Gasteiger partial charge in [0.25, 0.3) is 0 Å². The summed E-state index contributed by atoms with van der Waals surface area (Å²) in [6.45, 7) is 3.61. The number of ether oxygens (including phenoxy) is 1. The first-order valence-corrected chi connectivity index (χ1v) is 18.0. The molecule has 0 radical (unpaired) electrons. The maximum absolute atomic E-state index is 14.5. The molecule has 3 aliphatic rings. The molecule has 1 aliphatic carbocycles. The molecule has 5 heterocycles. The Kier molecular flexibility index (Phi) is 9.27. The summed E-state index contributed by atoms with van der Waals surface area (Å²) in [5, 5.41) is 8.54. The highest BCUT2D eigenvalue weighted by Gasteiger charge is 2.66. The van der Waals surface area contributed by atoms with Gasteiger partial charge in [0.1, 0.15) is 28.4 Å². The molecule has 2 amide bonds. The highest BCUT2D eigenvalue weighted by Crippen LogP contribution is 2.59. The van der Waals surface area contributed by atoms with Gasteiger partial charge in [-0.05, 0) is 78.2 Å². The summed E-state index contributed by atoms with van der Waals surface area (Å²) in [5.74, 6) is 0.663. The Morgan fingerprint density at radius 1 is 1.02 bits per heavy atom. The molecule has 50 heavy (non-hydrogen) atoms. The maximum Gasteiger partial charge on any atom is 0.245 e. The topological polar surface area (TPSA) is 149 Å². The Balaban J connectivity index is 1.28. The van der Waals surface area contributed by atoms with Crippen LogP contribution >= 0.6 is 15.9 Å². The fraction of sp³-hybridized carbons (Fsp3) is 0.459. The first-order chi connectivity index (χ1) is 24.0. The van der Waals surface area contributed by atoms with Crippen LogP contribution in [0.2, 0.25) is 0 Å². The molecule has 1 saturated heterocycles. The number of aryl methyl sites for hydroxylation is 2.